The third-order valence-corrected chi connectivity index (χ3v) is 6.29. The van der Waals surface area contributed by atoms with Crippen molar-refractivity contribution in [1.29, 1.82) is 0 Å². The SMILES string of the molecule is COc1ccc(CC(=O)N2CC3(C[C@@H](c4noc(-c5ccccn5)n4)N(C)C3)C2)cc1. The van der Waals surface area contributed by atoms with Crippen LogP contribution in [0.1, 0.15) is 23.9 Å². The predicted octanol–water partition coefficient (Wildman–Crippen LogP) is 2.59. The number of rotatable bonds is 5. The zero-order chi connectivity index (χ0) is 21.4. The fourth-order valence-corrected chi connectivity index (χ4v) is 4.72. The van der Waals surface area contributed by atoms with Crippen LogP contribution >= 0.6 is 0 Å². The van der Waals surface area contributed by atoms with Crippen molar-refractivity contribution >= 4 is 5.91 Å². The molecule has 0 unspecified atom stereocenters. The molecular formula is C23H25N5O3. The molecule has 0 radical (unpaired) electrons. The monoisotopic (exact) mass is 419 g/mol. The molecule has 2 aliphatic heterocycles. The van der Waals surface area contributed by atoms with Crippen molar-refractivity contribution in [2.75, 3.05) is 33.8 Å². The number of likely N-dealkylation sites (tertiary alicyclic amines) is 2. The number of carbonyl (C=O) groups excluding carboxylic acids is 1. The Morgan fingerprint density at radius 3 is 2.71 bits per heavy atom. The van der Waals surface area contributed by atoms with Crippen molar-refractivity contribution in [2.45, 2.75) is 18.9 Å². The van der Waals surface area contributed by atoms with Crippen LogP contribution in [0.15, 0.2) is 53.2 Å². The minimum absolute atomic E-state index is 0.0834. The molecule has 8 heteroatoms. The van der Waals surface area contributed by atoms with Crippen molar-refractivity contribution in [3.05, 3.63) is 60.0 Å². The molecule has 0 N–H and O–H groups in total. The normalized spacial score (nSPS) is 20.1. The van der Waals surface area contributed by atoms with Crippen LogP contribution in [0.2, 0.25) is 0 Å². The van der Waals surface area contributed by atoms with Gasteiger partial charge in [-0.3, -0.25) is 14.7 Å². The highest BCUT2D eigenvalue weighted by Gasteiger charge is 2.52. The molecule has 0 saturated carbocycles. The van der Waals surface area contributed by atoms with Crippen LogP contribution in [0.25, 0.3) is 11.6 Å². The number of aromatic nitrogens is 3. The van der Waals surface area contributed by atoms with Gasteiger partial charge in [-0.25, -0.2) is 0 Å². The second-order valence-electron chi connectivity index (χ2n) is 8.58. The van der Waals surface area contributed by atoms with Gasteiger partial charge in [0.25, 0.3) is 5.89 Å². The number of hydrogen-bond acceptors (Lipinski definition) is 7. The van der Waals surface area contributed by atoms with E-state index in [4.69, 9.17) is 9.26 Å². The molecule has 31 heavy (non-hydrogen) atoms. The van der Waals surface area contributed by atoms with Crippen molar-refractivity contribution < 1.29 is 14.1 Å². The molecule has 0 bridgehead atoms. The van der Waals surface area contributed by atoms with Crippen molar-refractivity contribution in [3.63, 3.8) is 0 Å². The zero-order valence-corrected chi connectivity index (χ0v) is 17.7. The lowest BCUT2D eigenvalue weighted by Crippen LogP contribution is -2.59. The molecule has 8 nitrogen and oxygen atoms in total. The molecule has 0 aliphatic carbocycles. The lowest BCUT2D eigenvalue weighted by Gasteiger charge is -2.48. The average Bonchev–Trinajstić information content (AvgIpc) is 3.38. The van der Waals surface area contributed by atoms with Crippen LogP contribution in [0.5, 0.6) is 5.75 Å². The largest absolute Gasteiger partial charge is 0.497 e. The fourth-order valence-electron chi connectivity index (χ4n) is 4.72. The van der Waals surface area contributed by atoms with Crippen molar-refractivity contribution in [1.82, 2.24) is 24.9 Å². The number of carbonyl (C=O) groups is 1. The Labute approximate surface area is 180 Å². The van der Waals surface area contributed by atoms with Crippen LogP contribution in [0, 0.1) is 5.41 Å². The molecule has 160 valence electrons. The van der Waals surface area contributed by atoms with E-state index in [2.05, 4.69) is 27.1 Å². The van der Waals surface area contributed by atoms with Gasteiger partial charge in [-0.15, -0.1) is 0 Å². The maximum absolute atomic E-state index is 12.7. The topological polar surface area (TPSA) is 84.6 Å². The third-order valence-electron chi connectivity index (χ3n) is 6.29. The molecule has 1 spiro atoms. The first-order valence-electron chi connectivity index (χ1n) is 10.4. The maximum Gasteiger partial charge on any atom is 0.276 e. The smallest absolute Gasteiger partial charge is 0.276 e. The number of ether oxygens (including phenoxy) is 1. The summed E-state index contributed by atoms with van der Waals surface area (Å²) in [7, 11) is 3.72. The van der Waals surface area contributed by atoms with E-state index in [-0.39, 0.29) is 17.4 Å². The number of amides is 1. The van der Waals surface area contributed by atoms with E-state index in [1.807, 2.05) is 47.4 Å². The molecule has 2 fully saturated rings. The molecule has 2 aromatic heterocycles. The summed E-state index contributed by atoms with van der Waals surface area (Å²) in [5, 5.41) is 4.21. The summed E-state index contributed by atoms with van der Waals surface area (Å²) in [6.07, 6.45) is 3.04. The van der Waals surface area contributed by atoms with Crippen molar-refractivity contribution in [3.8, 4) is 17.3 Å². The number of methoxy groups -OCH3 is 1. The summed E-state index contributed by atoms with van der Waals surface area (Å²) in [6, 6.07) is 13.4. The first-order valence-corrected chi connectivity index (χ1v) is 10.4. The average molecular weight is 419 g/mol. The van der Waals surface area contributed by atoms with Gasteiger partial charge in [0.05, 0.1) is 19.6 Å². The highest BCUT2D eigenvalue weighted by molar-refractivity contribution is 5.79. The maximum atomic E-state index is 12.7. The minimum atomic E-state index is 0.0834. The Bertz CT molecular complexity index is 1060. The zero-order valence-electron chi connectivity index (χ0n) is 17.7. The van der Waals surface area contributed by atoms with E-state index >= 15 is 0 Å². The molecule has 1 amide bonds. The quantitative estimate of drug-likeness (QED) is 0.628. The Morgan fingerprint density at radius 1 is 1.19 bits per heavy atom. The number of hydrogen-bond donors (Lipinski definition) is 0. The molecule has 1 aromatic carbocycles. The second kappa shape index (κ2) is 7.77. The van der Waals surface area contributed by atoms with Gasteiger partial charge in [0.15, 0.2) is 5.82 Å². The van der Waals surface area contributed by atoms with Gasteiger partial charge in [0.1, 0.15) is 11.4 Å². The van der Waals surface area contributed by atoms with Crippen molar-refractivity contribution in [2.24, 2.45) is 5.41 Å². The van der Waals surface area contributed by atoms with Gasteiger partial charge < -0.3 is 14.2 Å². The van der Waals surface area contributed by atoms with Gasteiger partial charge in [0, 0.05) is 31.2 Å². The van der Waals surface area contributed by atoms with E-state index in [1.54, 1.807) is 13.3 Å². The predicted molar refractivity (Wildman–Crippen MR) is 113 cm³/mol. The Hall–Kier alpha value is -3.26. The summed E-state index contributed by atoms with van der Waals surface area (Å²) < 4.78 is 10.6. The van der Waals surface area contributed by atoms with Crippen LogP contribution < -0.4 is 4.74 Å². The number of benzene rings is 1. The molecular weight excluding hydrogens is 394 g/mol. The van der Waals surface area contributed by atoms with Crippen LogP contribution in [0.3, 0.4) is 0 Å². The van der Waals surface area contributed by atoms with Gasteiger partial charge in [-0.2, -0.15) is 4.98 Å². The summed E-state index contributed by atoms with van der Waals surface area (Å²) in [5.74, 6) is 2.09. The highest BCUT2D eigenvalue weighted by atomic mass is 16.5. The Kier molecular flexibility index (Phi) is 4.94. The Balaban J connectivity index is 1.20. The van der Waals surface area contributed by atoms with E-state index in [9.17, 15) is 4.79 Å². The van der Waals surface area contributed by atoms with E-state index in [1.165, 1.54) is 0 Å². The lowest BCUT2D eigenvalue weighted by molar-refractivity contribution is -0.141. The van der Waals surface area contributed by atoms with Crippen LogP contribution in [-0.4, -0.2) is 64.6 Å². The second-order valence-corrected chi connectivity index (χ2v) is 8.58. The van der Waals surface area contributed by atoms with Crippen LogP contribution in [-0.2, 0) is 11.2 Å². The van der Waals surface area contributed by atoms with Gasteiger partial charge in [0.2, 0.25) is 5.91 Å². The lowest BCUT2D eigenvalue weighted by atomic mass is 9.77. The number of nitrogens with zero attached hydrogens (tertiary/aromatic N) is 5. The summed E-state index contributed by atoms with van der Waals surface area (Å²) in [4.78, 5) is 25.8. The minimum Gasteiger partial charge on any atom is -0.497 e. The van der Waals surface area contributed by atoms with Gasteiger partial charge in [-0.05, 0) is 43.3 Å². The summed E-state index contributed by atoms with van der Waals surface area (Å²) in [5.41, 5.74) is 1.78. The third kappa shape index (κ3) is 3.79. The van der Waals surface area contributed by atoms with E-state index in [0.29, 0.717) is 23.8 Å². The molecule has 4 heterocycles. The summed E-state index contributed by atoms with van der Waals surface area (Å²) >= 11 is 0. The standard InChI is InChI=1S/C23H25N5O3/c1-27-13-23(12-19(27)21-25-22(31-26-21)18-5-3-4-10-24-18)14-28(15-23)20(29)11-16-6-8-17(30-2)9-7-16/h3-10,19H,11-15H2,1-2H3/t19-/m0/s1. The van der Waals surface area contributed by atoms with Crippen LogP contribution in [0.4, 0.5) is 0 Å². The Morgan fingerprint density at radius 2 is 2.00 bits per heavy atom. The molecule has 5 rings (SSSR count). The highest BCUT2D eigenvalue weighted by Crippen LogP contribution is 2.47. The molecule has 2 aliphatic rings. The summed E-state index contributed by atoms with van der Waals surface area (Å²) in [6.45, 7) is 2.46. The van der Waals surface area contributed by atoms with E-state index in [0.717, 1.165) is 37.4 Å². The molecule has 2 saturated heterocycles. The molecule has 1 atom stereocenters. The fraction of sp³-hybridized carbons (Fsp3) is 0.391. The van der Waals surface area contributed by atoms with Gasteiger partial charge >= 0.3 is 0 Å². The van der Waals surface area contributed by atoms with Gasteiger partial charge in [-0.1, -0.05) is 23.4 Å². The first-order chi connectivity index (χ1) is 15.0. The van der Waals surface area contributed by atoms with E-state index < -0.39 is 0 Å². The first kappa shape index (κ1) is 19.7. The number of pyridine rings is 1. The molecule has 3 aromatic rings.